The number of hydrogen-bond acceptors (Lipinski definition) is 4. The molecule has 0 aliphatic heterocycles. The van der Waals surface area contributed by atoms with Crippen LogP contribution in [0.1, 0.15) is 17.7 Å². The van der Waals surface area contributed by atoms with E-state index in [1.54, 1.807) is 0 Å². The average Bonchev–Trinajstić information content (AvgIpc) is 2.12. The van der Waals surface area contributed by atoms with Crippen molar-refractivity contribution in [1.29, 1.82) is 0 Å². The molecule has 1 aromatic rings. The minimum absolute atomic E-state index is 0.224. The van der Waals surface area contributed by atoms with E-state index >= 15 is 0 Å². The van der Waals surface area contributed by atoms with Crippen molar-refractivity contribution >= 4 is 17.7 Å². The SMILES string of the molecule is Cc1cc(C)nc(SCC(O)CC(=O)O)c1. The molecule has 88 valence electrons. The highest BCUT2D eigenvalue weighted by Crippen LogP contribution is 2.19. The molecule has 0 aromatic carbocycles. The molecule has 1 unspecified atom stereocenters. The van der Waals surface area contributed by atoms with E-state index in [1.807, 2.05) is 26.0 Å². The maximum absolute atomic E-state index is 10.3. The summed E-state index contributed by atoms with van der Waals surface area (Å²) in [5, 5.41) is 18.7. The number of rotatable bonds is 5. The van der Waals surface area contributed by atoms with Crippen LogP contribution in [0.15, 0.2) is 17.2 Å². The second-order valence-corrected chi connectivity index (χ2v) is 4.73. The molecule has 16 heavy (non-hydrogen) atoms. The van der Waals surface area contributed by atoms with Gasteiger partial charge in [-0.3, -0.25) is 4.79 Å². The number of carboxylic acids is 1. The lowest BCUT2D eigenvalue weighted by atomic mass is 10.3. The van der Waals surface area contributed by atoms with Gasteiger partial charge in [0.15, 0.2) is 0 Å². The lowest BCUT2D eigenvalue weighted by molar-refractivity contribution is -0.138. The molecule has 1 aromatic heterocycles. The van der Waals surface area contributed by atoms with Gasteiger partial charge in [-0.15, -0.1) is 11.8 Å². The van der Waals surface area contributed by atoms with Crippen LogP contribution in [0.3, 0.4) is 0 Å². The molecule has 5 heteroatoms. The van der Waals surface area contributed by atoms with Gasteiger partial charge in [-0.25, -0.2) is 4.98 Å². The van der Waals surface area contributed by atoms with Crippen molar-refractivity contribution < 1.29 is 15.0 Å². The molecular formula is C11H15NO3S. The van der Waals surface area contributed by atoms with Crippen LogP contribution in [0.2, 0.25) is 0 Å². The van der Waals surface area contributed by atoms with E-state index < -0.39 is 12.1 Å². The highest BCUT2D eigenvalue weighted by atomic mass is 32.2. The monoisotopic (exact) mass is 241 g/mol. The van der Waals surface area contributed by atoms with E-state index in [-0.39, 0.29) is 6.42 Å². The lowest BCUT2D eigenvalue weighted by Crippen LogP contribution is -2.15. The smallest absolute Gasteiger partial charge is 0.306 e. The third-order valence-electron chi connectivity index (χ3n) is 1.91. The predicted molar refractivity (Wildman–Crippen MR) is 62.7 cm³/mol. The number of aliphatic hydroxyl groups excluding tert-OH is 1. The second kappa shape index (κ2) is 5.86. The van der Waals surface area contributed by atoms with Crippen LogP contribution < -0.4 is 0 Å². The predicted octanol–water partition coefficient (Wildman–Crippen LogP) is 1.63. The van der Waals surface area contributed by atoms with Crippen LogP contribution in [-0.4, -0.2) is 33.0 Å². The minimum atomic E-state index is -0.985. The molecule has 0 amide bonds. The number of hydrogen-bond donors (Lipinski definition) is 2. The van der Waals surface area contributed by atoms with Gasteiger partial charge in [0.05, 0.1) is 17.6 Å². The van der Waals surface area contributed by atoms with E-state index in [9.17, 15) is 9.90 Å². The Morgan fingerprint density at radius 1 is 1.50 bits per heavy atom. The van der Waals surface area contributed by atoms with Crippen molar-refractivity contribution in [3.05, 3.63) is 23.4 Å². The van der Waals surface area contributed by atoms with E-state index in [0.29, 0.717) is 5.75 Å². The first-order valence-electron chi connectivity index (χ1n) is 4.95. The first-order chi connectivity index (χ1) is 7.47. The fourth-order valence-electron chi connectivity index (χ4n) is 1.32. The highest BCUT2D eigenvalue weighted by molar-refractivity contribution is 7.99. The largest absolute Gasteiger partial charge is 0.481 e. The number of carboxylic acid groups (broad SMARTS) is 1. The number of carbonyl (C=O) groups is 1. The molecule has 0 saturated heterocycles. The molecule has 1 rings (SSSR count). The Kier molecular flexibility index (Phi) is 4.76. The molecule has 2 N–H and O–H groups in total. The summed E-state index contributed by atoms with van der Waals surface area (Å²) in [4.78, 5) is 14.6. The van der Waals surface area contributed by atoms with Gasteiger partial charge in [-0.05, 0) is 31.5 Å². The van der Waals surface area contributed by atoms with E-state index in [4.69, 9.17) is 5.11 Å². The van der Waals surface area contributed by atoms with E-state index in [1.165, 1.54) is 11.8 Å². The number of aryl methyl sites for hydroxylation is 2. The van der Waals surface area contributed by atoms with Crippen molar-refractivity contribution in [3.8, 4) is 0 Å². The highest BCUT2D eigenvalue weighted by Gasteiger charge is 2.10. The Balaban J connectivity index is 2.51. The summed E-state index contributed by atoms with van der Waals surface area (Å²) in [5.74, 6) is -0.635. The molecule has 0 saturated carbocycles. The number of thioether (sulfide) groups is 1. The average molecular weight is 241 g/mol. The molecule has 0 radical (unpaired) electrons. The van der Waals surface area contributed by atoms with Crippen molar-refractivity contribution in [3.63, 3.8) is 0 Å². The van der Waals surface area contributed by atoms with Gasteiger partial charge in [0.1, 0.15) is 0 Å². The van der Waals surface area contributed by atoms with Crippen molar-refractivity contribution in [2.45, 2.75) is 31.4 Å². The zero-order valence-corrected chi connectivity index (χ0v) is 10.1. The van der Waals surface area contributed by atoms with Gasteiger partial charge < -0.3 is 10.2 Å². The second-order valence-electron chi connectivity index (χ2n) is 3.69. The maximum Gasteiger partial charge on any atom is 0.306 e. The molecule has 1 heterocycles. The first kappa shape index (κ1) is 13.0. The zero-order chi connectivity index (χ0) is 12.1. The van der Waals surface area contributed by atoms with E-state index in [0.717, 1.165) is 16.3 Å². The van der Waals surface area contributed by atoms with Crippen LogP contribution in [0.5, 0.6) is 0 Å². The first-order valence-corrected chi connectivity index (χ1v) is 5.94. The maximum atomic E-state index is 10.3. The van der Waals surface area contributed by atoms with Crippen LogP contribution in [0.25, 0.3) is 0 Å². The third kappa shape index (κ3) is 4.63. The summed E-state index contributed by atoms with van der Waals surface area (Å²) in [5.41, 5.74) is 2.04. The Labute approximate surface area is 98.7 Å². The summed E-state index contributed by atoms with van der Waals surface area (Å²) in [7, 11) is 0. The number of aliphatic carboxylic acids is 1. The summed E-state index contributed by atoms with van der Waals surface area (Å²) < 4.78 is 0. The Hall–Kier alpha value is -1.07. The molecule has 0 aliphatic rings. The molecule has 1 atom stereocenters. The molecular weight excluding hydrogens is 226 g/mol. The number of aliphatic hydroxyl groups is 1. The van der Waals surface area contributed by atoms with Gasteiger partial charge in [-0.1, -0.05) is 0 Å². The Bertz CT molecular complexity index is 361. The van der Waals surface area contributed by atoms with Gasteiger partial charge in [0.25, 0.3) is 0 Å². The number of pyridine rings is 1. The number of nitrogens with zero attached hydrogens (tertiary/aromatic N) is 1. The van der Waals surface area contributed by atoms with Gasteiger partial charge in [0, 0.05) is 11.4 Å². The van der Waals surface area contributed by atoms with Crippen molar-refractivity contribution in [2.75, 3.05) is 5.75 Å². The van der Waals surface area contributed by atoms with Crippen LogP contribution in [0, 0.1) is 13.8 Å². The van der Waals surface area contributed by atoms with E-state index in [2.05, 4.69) is 4.98 Å². The normalized spacial score (nSPS) is 12.4. The topological polar surface area (TPSA) is 70.4 Å². The number of aromatic nitrogens is 1. The van der Waals surface area contributed by atoms with Crippen LogP contribution >= 0.6 is 11.8 Å². The summed E-state index contributed by atoms with van der Waals surface area (Å²) in [6, 6.07) is 3.89. The molecule has 0 fully saturated rings. The summed E-state index contributed by atoms with van der Waals surface area (Å²) in [6.07, 6.45) is -1.05. The van der Waals surface area contributed by atoms with Gasteiger partial charge in [-0.2, -0.15) is 0 Å². The zero-order valence-electron chi connectivity index (χ0n) is 9.30. The fraction of sp³-hybridized carbons (Fsp3) is 0.455. The van der Waals surface area contributed by atoms with Crippen LogP contribution in [-0.2, 0) is 4.79 Å². The third-order valence-corrected chi connectivity index (χ3v) is 2.96. The quantitative estimate of drug-likeness (QED) is 0.767. The molecule has 4 nitrogen and oxygen atoms in total. The Morgan fingerprint density at radius 3 is 2.75 bits per heavy atom. The summed E-state index contributed by atoms with van der Waals surface area (Å²) in [6.45, 7) is 3.89. The van der Waals surface area contributed by atoms with Crippen molar-refractivity contribution in [2.24, 2.45) is 0 Å². The summed E-state index contributed by atoms with van der Waals surface area (Å²) >= 11 is 1.37. The molecule has 0 aliphatic carbocycles. The molecule has 0 spiro atoms. The fourth-order valence-corrected chi connectivity index (χ4v) is 2.28. The standard InChI is InChI=1S/C11H15NO3S/c1-7-3-8(2)12-10(4-7)16-6-9(13)5-11(14)15/h3-4,9,13H,5-6H2,1-2H3,(H,14,15). The lowest BCUT2D eigenvalue weighted by Gasteiger charge is -2.07. The van der Waals surface area contributed by atoms with Crippen LogP contribution in [0.4, 0.5) is 0 Å². The van der Waals surface area contributed by atoms with Gasteiger partial charge in [0.2, 0.25) is 0 Å². The molecule has 0 bridgehead atoms. The Morgan fingerprint density at radius 2 is 2.19 bits per heavy atom. The minimum Gasteiger partial charge on any atom is -0.481 e. The van der Waals surface area contributed by atoms with Gasteiger partial charge >= 0.3 is 5.97 Å². The van der Waals surface area contributed by atoms with Crippen molar-refractivity contribution in [1.82, 2.24) is 4.98 Å².